The Morgan fingerprint density at radius 1 is 1.31 bits per heavy atom. The van der Waals surface area contributed by atoms with Crippen molar-refractivity contribution in [2.75, 3.05) is 13.1 Å². The molecule has 0 aliphatic carbocycles. The monoisotopic (exact) mass is 221 g/mol. The van der Waals surface area contributed by atoms with Gasteiger partial charge < -0.3 is 0 Å². The molecule has 0 saturated carbocycles. The molecule has 0 bridgehead atoms. The molecule has 1 N–H and O–H groups in total. The van der Waals surface area contributed by atoms with Crippen LogP contribution in [-0.2, 0) is 13.0 Å². The van der Waals surface area contributed by atoms with Crippen LogP contribution in [0.25, 0.3) is 0 Å². The Hall–Kier alpha value is -0.830. The van der Waals surface area contributed by atoms with E-state index in [1.165, 1.54) is 30.0 Å². The van der Waals surface area contributed by atoms with Gasteiger partial charge in [-0.1, -0.05) is 27.7 Å². The van der Waals surface area contributed by atoms with Crippen LogP contribution >= 0.6 is 0 Å². The van der Waals surface area contributed by atoms with Gasteiger partial charge in [-0.3, -0.25) is 10.00 Å². The molecular formula is C13H23N3. The summed E-state index contributed by atoms with van der Waals surface area (Å²) in [5, 5.41) is 7.66. The second-order valence-electron chi connectivity index (χ2n) is 5.60. The minimum absolute atomic E-state index is 0.527. The Balaban J connectivity index is 2.14. The summed E-state index contributed by atoms with van der Waals surface area (Å²) in [7, 11) is 0. The van der Waals surface area contributed by atoms with Crippen molar-refractivity contribution in [3.8, 4) is 0 Å². The van der Waals surface area contributed by atoms with Crippen molar-refractivity contribution in [1.82, 2.24) is 15.1 Å². The molecule has 1 aromatic rings. The normalized spacial score (nSPS) is 17.1. The SMILES string of the molecule is CC(C)CN1CCc2[nH]nc(C(C)C)c2C1. The van der Waals surface area contributed by atoms with E-state index in [9.17, 15) is 0 Å². The fourth-order valence-electron chi connectivity index (χ4n) is 2.52. The molecule has 0 saturated heterocycles. The van der Waals surface area contributed by atoms with E-state index >= 15 is 0 Å². The largest absolute Gasteiger partial charge is 0.298 e. The Morgan fingerprint density at radius 3 is 2.69 bits per heavy atom. The highest BCUT2D eigenvalue weighted by Gasteiger charge is 2.23. The maximum Gasteiger partial charge on any atom is 0.0695 e. The number of hydrogen-bond donors (Lipinski definition) is 1. The second kappa shape index (κ2) is 4.58. The predicted molar refractivity (Wildman–Crippen MR) is 66.5 cm³/mol. The number of aromatic amines is 1. The zero-order valence-electron chi connectivity index (χ0n) is 10.9. The van der Waals surface area contributed by atoms with E-state index in [1.807, 2.05) is 0 Å². The summed E-state index contributed by atoms with van der Waals surface area (Å²) >= 11 is 0. The van der Waals surface area contributed by atoms with Gasteiger partial charge in [-0.25, -0.2) is 0 Å². The average Bonchev–Trinajstić information content (AvgIpc) is 2.59. The molecule has 1 aliphatic rings. The van der Waals surface area contributed by atoms with Crippen molar-refractivity contribution < 1.29 is 0 Å². The zero-order chi connectivity index (χ0) is 11.7. The molecule has 1 aliphatic heterocycles. The van der Waals surface area contributed by atoms with Gasteiger partial charge in [0.05, 0.1) is 5.69 Å². The van der Waals surface area contributed by atoms with E-state index in [2.05, 4.69) is 42.8 Å². The molecule has 0 fully saturated rings. The fraction of sp³-hybridized carbons (Fsp3) is 0.769. The smallest absolute Gasteiger partial charge is 0.0695 e. The van der Waals surface area contributed by atoms with Gasteiger partial charge in [-0.2, -0.15) is 5.10 Å². The topological polar surface area (TPSA) is 31.9 Å². The van der Waals surface area contributed by atoms with Crippen LogP contribution in [0.15, 0.2) is 0 Å². The molecule has 0 radical (unpaired) electrons. The van der Waals surface area contributed by atoms with Crippen LogP contribution in [0.5, 0.6) is 0 Å². The van der Waals surface area contributed by atoms with E-state index in [0.717, 1.165) is 18.9 Å². The van der Waals surface area contributed by atoms with E-state index in [4.69, 9.17) is 0 Å². The maximum absolute atomic E-state index is 4.46. The molecule has 0 amide bonds. The number of H-pyrrole nitrogens is 1. The molecule has 0 atom stereocenters. The number of rotatable bonds is 3. The molecule has 0 spiro atoms. The van der Waals surface area contributed by atoms with Gasteiger partial charge >= 0.3 is 0 Å². The Bertz CT molecular complexity index is 352. The minimum atomic E-state index is 0.527. The fourth-order valence-corrected chi connectivity index (χ4v) is 2.52. The standard InChI is InChI=1S/C13H23N3/c1-9(2)7-16-6-5-12-11(8-16)13(10(3)4)15-14-12/h9-10H,5-8H2,1-4H3,(H,14,15). The predicted octanol–water partition coefficient (Wildman–Crippen LogP) is 2.55. The number of nitrogens with zero attached hydrogens (tertiary/aromatic N) is 2. The summed E-state index contributed by atoms with van der Waals surface area (Å²) in [6.45, 7) is 12.5. The third-order valence-corrected chi connectivity index (χ3v) is 3.21. The summed E-state index contributed by atoms with van der Waals surface area (Å²) < 4.78 is 0. The lowest BCUT2D eigenvalue weighted by molar-refractivity contribution is 0.225. The third kappa shape index (κ3) is 2.29. The maximum atomic E-state index is 4.46. The van der Waals surface area contributed by atoms with Gasteiger partial charge in [0.1, 0.15) is 0 Å². The van der Waals surface area contributed by atoms with Crippen LogP contribution in [0.2, 0.25) is 0 Å². The highest BCUT2D eigenvalue weighted by Crippen LogP contribution is 2.25. The Labute approximate surface area is 98.2 Å². The quantitative estimate of drug-likeness (QED) is 0.850. The van der Waals surface area contributed by atoms with Gasteiger partial charge in [-0.15, -0.1) is 0 Å². The minimum Gasteiger partial charge on any atom is -0.298 e. The first-order valence-corrected chi connectivity index (χ1v) is 6.36. The summed E-state index contributed by atoms with van der Waals surface area (Å²) in [6, 6.07) is 0. The van der Waals surface area contributed by atoms with Crippen LogP contribution in [-0.4, -0.2) is 28.2 Å². The van der Waals surface area contributed by atoms with Crippen molar-refractivity contribution in [3.63, 3.8) is 0 Å². The van der Waals surface area contributed by atoms with Crippen LogP contribution in [0.4, 0.5) is 0 Å². The molecule has 90 valence electrons. The number of fused-ring (bicyclic) bond motifs is 1. The van der Waals surface area contributed by atoms with E-state index < -0.39 is 0 Å². The molecule has 1 aromatic heterocycles. The second-order valence-corrected chi connectivity index (χ2v) is 5.60. The highest BCUT2D eigenvalue weighted by molar-refractivity contribution is 5.29. The zero-order valence-corrected chi connectivity index (χ0v) is 10.9. The van der Waals surface area contributed by atoms with Crippen molar-refractivity contribution in [3.05, 3.63) is 17.0 Å². The summed E-state index contributed by atoms with van der Waals surface area (Å²) in [4.78, 5) is 2.55. The lowest BCUT2D eigenvalue weighted by Gasteiger charge is -2.28. The van der Waals surface area contributed by atoms with Gasteiger partial charge in [-0.05, 0) is 11.8 Å². The van der Waals surface area contributed by atoms with Crippen LogP contribution < -0.4 is 0 Å². The highest BCUT2D eigenvalue weighted by atomic mass is 15.2. The van der Waals surface area contributed by atoms with Crippen LogP contribution in [0.3, 0.4) is 0 Å². The molecule has 2 rings (SSSR count). The summed E-state index contributed by atoms with van der Waals surface area (Å²) in [5.74, 6) is 1.27. The van der Waals surface area contributed by atoms with Gasteiger partial charge in [0.25, 0.3) is 0 Å². The lowest BCUT2D eigenvalue weighted by atomic mass is 9.99. The molecular weight excluding hydrogens is 198 g/mol. The molecule has 0 unspecified atom stereocenters. The molecule has 3 heteroatoms. The third-order valence-electron chi connectivity index (χ3n) is 3.21. The Morgan fingerprint density at radius 2 is 2.06 bits per heavy atom. The van der Waals surface area contributed by atoms with Crippen molar-refractivity contribution in [1.29, 1.82) is 0 Å². The summed E-state index contributed by atoms with van der Waals surface area (Å²) in [5.41, 5.74) is 4.09. The van der Waals surface area contributed by atoms with Crippen molar-refractivity contribution >= 4 is 0 Å². The Kier molecular flexibility index (Phi) is 3.33. The average molecular weight is 221 g/mol. The first-order chi connectivity index (χ1) is 7.58. The number of hydrogen-bond acceptors (Lipinski definition) is 2. The molecule has 0 aromatic carbocycles. The number of aromatic nitrogens is 2. The van der Waals surface area contributed by atoms with Crippen LogP contribution in [0, 0.1) is 5.92 Å². The van der Waals surface area contributed by atoms with Crippen molar-refractivity contribution in [2.24, 2.45) is 5.92 Å². The van der Waals surface area contributed by atoms with E-state index in [-0.39, 0.29) is 0 Å². The summed E-state index contributed by atoms with van der Waals surface area (Å²) in [6.07, 6.45) is 1.13. The first kappa shape index (κ1) is 11.6. The molecule has 16 heavy (non-hydrogen) atoms. The van der Waals surface area contributed by atoms with E-state index in [0.29, 0.717) is 5.92 Å². The van der Waals surface area contributed by atoms with Crippen molar-refractivity contribution in [2.45, 2.75) is 46.6 Å². The van der Waals surface area contributed by atoms with Crippen LogP contribution in [0.1, 0.15) is 50.6 Å². The lowest BCUT2D eigenvalue weighted by Crippen LogP contribution is -2.33. The molecule has 3 nitrogen and oxygen atoms in total. The van der Waals surface area contributed by atoms with Gasteiger partial charge in [0.15, 0.2) is 0 Å². The molecule has 2 heterocycles. The van der Waals surface area contributed by atoms with E-state index in [1.54, 1.807) is 0 Å². The first-order valence-electron chi connectivity index (χ1n) is 6.36. The van der Waals surface area contributed by atoms with Gasteiger partial charge in [0.2, 0.25) is 0 Å². The number of nitrogens with one attached hydrogen (secondary N) is 1. The van der Waals surface area contributed by atoms with Gasteiger partial charge in [0, 0.05) is 37.3 Å².